The number of hydrogen-bond acceptors (Lipinski definition) is 2. The molecule has 2 fully saturated rings. The van der Waals surface area contributed by atoms with Crippen LogP contribution in [-0.2, 0) is 11.2 Å². The van der Waals surface area contributed by atoms with Crippen LogP contribution >= 0.6 is 11.8 Å². The molecule has 0 aromatic heterocycles. The molecule has 0 N–H and O–H groups in total. The second-order valence-electron chi connectivity index (χ2n) is 6.62. The molecule has 2 aliphatic rings. The van der Waals surface area contributed by atoms with E-state index < -0.39 is 0 Å². The van der Waals surface area contributed by atoms with Crippen molar-refractivity contribution >= 4 is 17.5 Å². The highest BCUT2D eigenvalue weighted by molar-refractivity contribution is 8.00. The molecule has 2 unspecified atom stereocenters. The summed E-state index contributed by atoms with van der Waals surface area (Å²) in [6, 6.07) is 6.52. The monoisotopic (exact) mass is 288 g/mol. The van der Waals surface area contributed by atoms with Crippen LogP contribution in [0.2, 0.25) is 0 Å². The van der Waals surface area contributed by atoms with Gasteiger partial charge in [0.05, 0.1) is 0 Å². The van der Waals surface area contributed by atoms with Gasteiger partial charge in [0.25, 0.3) is 0 Å². The largest absolute Gasteiger partial charge is 0.299 e. The maximum atomic E-state index is 12.6. The van der Waals surface area contributed by atoms with Gasteiger partial charge in [0.15, 0.2) is 0 Å². The van der Waals surface area contributed by atoms with Gasteiger partial charge in [-0.15, -0.1) is 0 Å². The normalized spacial score (nSPS) is 29.2. The van der Waals surface area contributed by atoms with E-state index in [9.17, 15) is 4.79 Å². The predicted molar refractivity (Wildman–Crippen MR) is 86.4 cm³/mol. The highest BCUT2D eigenvalue weighted by Crippen LogP contribution is 2.44. The van der Waals surface area contributed by atoms with Crippen molar-refractivity contribution in [3.63, 3.8) is 0 Å². The minimum Gasteiger partial charge on any atom is -0.299 e. The van der Waals surface area contributed by atoms with Crippen molar-refractivity contribution in [2.24, 2.45) is 5.92 Å². The Balaban J connectivity index is 1.67. The second kappa shape index (κ2) is 5.93. The Labute approximate surface area is 126 Å². The fourth-order valence-corrected chi connectivity index (χ4v) is 5.68. The Morgan fingerprint density at radius 3 is 2.30 bits per heavy atom. The first kappa shape index (κ1) is 14.2. The molecule has 2 atom stereocenters. The Kier molecular flexibility index (Phi) is 4.21. The Morgan fingerprint density at radius 1 is 1.10 bits per heavy atom. The molecule has 2 aliphatic heterocycles. The van der Waals surface area contributed by atoms with Crippen molar-refractivity contribution in [2.75, 3.05) is 0 Å². The zero-order valence-corrected chi connectivity index (χ0v) is 13.3. The number of thioether (sulfide) groups is 1. The molecule has 2 saturated heterocycles. The van der Waals surface area contributed by atoms with Gasteiger partial charge in [0, 0.05) is 22.8 Å². The van der Waals surface area contributed by atoms with Crippen molar-refractivity contribution in [2.45, 2.75) is 62.9 Å². The van der Waals surface area contributed by atoms with Crippen LogP contribution in [0.3, 0.4) is 0 Å². The molecule has 108 valence electrons. The van der Waals surface area contributed by atoms with E-state index in [4.69, 9.17) is 0 Å². The van der Waals surface area contributed by atoms with Gasteiger partial charge in [-0.05, 0) is 45.1 Å². The maximum absolute atomic E-state index is 12.6. The van der Waals surface area contributed by atoms with Gasteiger partial charge in [-0.25, -0.2) is 0 Å². The van der Waals surface area contributed by atoms with Gasteiger partial charge in [-0.3, -0.25) is 4.79 Å². The fraction of sp³-hybridized carbons (Fsp3) is 0.611. The average molecular weight is 288 g/mol. The summed E-state index contributed by atoms with van der Waals surface area (Å²) >= 11 is 2.15. The average Bonchev–Trinajstić information content (AvgIpc) is 2.36. The van der Waals surface area contributed by atoms with Gasteiger partial charge < -0.3 is 0 Å². The number of rotatable bonds is 3. The molecule has 3 rings (SSSR count). The van der Waals surface area contributed by atoms with Gasteiger partial charge in [0.1, 0.15) is 5.78 Å². The molecule has 2 heterocycles. The zero-order chi connectivity index (χ0) is 14.1. The molecule has 2 heteroatoms. The van der Waals surface area contributed by atoms with E-state index in [1.807, 2.05) is 0 Å². The summed E-state index contributed by atoms with van der Waals surface area (Å²) in [5.74, 6) is 0.805. The highest BCUT2D eigenvalue weighted by Gasteiger charge is 2.35. The second-order valence-corrected chi connectivity index (χ2v) is 8.22. The number of fused-ring (bicyclic) bond motifs is 2. The van der Waals surface area contributed by atoms with Crippen molar-refractivity contribution < 1.29 is 4.79 Å². The molecule has 0 spiro atoms. The van der Waals surface area contributed by atoms with E-state index in [2.05, 4.69) is 43.8 Å². The van der Waals surface area contributed by atoms with Crippen LogP contribution in [0, 0.1) is 19.8 Å². The molecule has 1 aromatic carbocycles. The topological polar surface area (TPSA) is 17.1 Å². The molecule has 0 amide bonds. The first-order chi connectivity index (χ1) is 9.60. The summed E-state index contributed by atoms with van der Waals surface area (Å²) in [6.45, 7) is 4.23. The summed E-state index contributed by atoms with van der Waals surface area (Å²) in [7, 11) is 0. The van der Waals surface area contributed by atoms with Crippen LogP contribution in [-0.4, -0.2) is 16.3 Å². The van der Waals surface area contributed by atoms with Crippen molar-refractivity contribution in [3.8, 4) is 0 Å². The smallest absolute Gasteiger partial charge is 0.140 e. The lowest BCUT2D eigenvalue weighted by molar-refractivity contribution is -0.122. The SMILES string of the molecule is Cc1cc(C)cc(CC(=O)C2CC3CCCC(C2)S3)c1. The van der Waals surface area contributed by atoms with E-state index in [0.717, 1.165) is 23.3 Å². The summed E-state index contributed by atoms with van der Waals surface area (Å²) in [5.41, 5.74) is 3.74. The van der Waals surface area contributed by atoms with Gasteiger partial charge >= 0.3 is 0 Å². The van der Waals surface area contributed by atoms with E-state index in [-0.39, 0.29) is 0 Å². The molecule has 0 aliphatic carbocycles. The lowest BCUT2D eigenvalue weighted by atomic mass is 9.84. The fourth-order valence-electron chi connectivity index (χ4n) is 3.84. The van der Waals surface area contributed by atoms with Crippen molar-refractivity contribution in [1.29, 1.82) is 0 Å². The Hall–Kier alpha value is -0.760. The number of benzene rings is 1. The van der Waals surface area contributed by atoms with Crippen LogP contribution in [0.5, 0.6) is 0 Å². The third-order valence-electron chi connectivity index (χ3n) is 4.65. The Morgan fingerprint density at radius 2 is 1.70 bits per heavy atom. The third kappa shape index (κ3) is 3.28. The molecule has 20 heavy (non-hydrogen) atoms. The van der Waals surface area contributed by atoms with Crippen LogP contribution in [0.15, 0.2) is 18.2 Å². The first-order valence-corrected chi connectivity index (χ1v) is 8.80. The lowest BCUT2D eigenvalue weighted by Crippen LogP contribution is -2.33. The lowest BCUT2D eigenvalue weighted by Gasteiger charge is -2.38. The van der Waals surface area contributed by atoms with Gasteiger partial charge in [-0.2, -0.15) is 11.8 Å². The van der Waals surface area contributed by atoms with E-state index in [0.29, 0.717) is 18.1 Å². The first-order valence-electron chi connectivity index (χ1n) is 7.85. The number of carbonyl (C=O) groups excluding carboxylic acids is 1. The molecular formula is C18H24OS. The van der Waals surface area contributed by atoms with Crippen LogP contribution in [0.4, 0.5) is 0 Å². The minimum absolute atomic E-state index is 0.326. The van der Waals surface area contributed by atoms with Crippen LogP contribution < -0.4 is 0 Å². The molecule has 2 bridgehead atoms. The predicted octanol–water partition coefficient (Wildman–Crippen LogP) is 4.48. The minimum atomic E-state index is 0.326. The number of Topliss-reactive ketones (excluding diaryl/α,β-unsaturated/α-hetero) is 1. The summed E-state index contributed by atoms with van der Waals surface area (Å²) in [6.07, 6.45) is 6.93. The van der Waals surface area contributed by atoms with E-state index in [1.54, 1.807) is 0 Å². The molecule has 0 radical (unpaired) electrons. The third-order valence-corrected chi connectivity index (χ3v) is 6.27. The van der Waals surface area contributed by atoms with Crippen molar-refractivity contribution in [3.05, 3.63) is 34.9 Å². The number of aryl methyl sites for hydroxylation is 2. The van der Waals surface area contributed by atoms with E-state index >= 15 is 0 Å². The van der Waals surface area contributed by atoms with Gasteiger partial charge in [0.2, 0.25) is 0 Å². The quantitative estimate of drug-likeness (QED) is 0.815. The van der Waals surface area contributed by atoms with Gasteiger partial charge in [-0.1, -0.05) is 35.7 Å². The van der Waals surface area contributed by atoms with Crippen molar-refractivity contribution in [1.82, 2.24) is 0 Å². The highest BCUT2D eigenvalue weighted by atomic mass is 32.2. The number of carbonyl (C=O) groups is 1. The van der Waals surface area contributed by atoms with Crippen LogP contribution in [0.25, 0.3) is 0 Å². The van der Waals surface area contributed by atoms with Crippen LogP contribution in [0.1, 0.15) is 48.8 Å². The standard InChI is InChI=1S/C18H24OS/c1-12-6-13(2)8-14(7-12)9-18(19)15-10-16-4-3-5-17(11-15)20-16/h6-8,15-17H,3-5,9-11H2,1-2H3. The van der Waals surface area contributed by atoms with E-state index in [1.165, 1.54) is 36.0 Å². The molecular weight excluding hydrogens is 264 g/mol. The summed E-state index contributed by atoms with van der Waals surface area (Å²) in [5, 5.41) is 1.52. The number of hydrogen-bond donors (Lipinski definition) is 0. The summed E-state index contributed by atoms with van der Waals surface area (Å²) in [4.78, 5) is 12.6. The molecule has 0 saturated carbocycles. The Bertz CT molecular complexity index is 476. The zero-order valence-electron chi connectivity index (χ0n) is 12.5. The molecule has 1 nitrogen and oxygen atoms in total. The molecule has 1 aromatic rings. The number of ketones is 1. The summed E-state index contributed by atoms with van der Waals surface area (Å²) < 4.78 is 0. The maximum Gasteiger partial charge on any atom is 0.140 e.